The molecule has 11 heteroatoms. The van der Waals surface area contributed by atoms with Crippen molar-refractivity contribution in [3.63, 3.8) is 0 Å². The minimum absolute atomic E-state index is 0.0105. The molecule has 0 aliphatic carbocycles. The van der Waals surface area contributed by atoms with Crippen LogP contribution in [0, 0.1) is 0 Å². The van der Waals surface area contributed by atoms with Crippen molar-refractivity contribution in [2.45, 2.75) is 38.5 Å². The third-order valence-corrected chi connectivity index (χ3v) is 6.54. The second-order valence-corrected chi connectivity index (χ2v) is 9.28. The van der Waals surface area contributed by atoms with Crippen molar-refractivity contribution in [3.8, 4) is 0 Å². The van der Waals surface area contributed by atoms with Crippen molar-refractivity contribution < 1.29 is 31.9 Å². The topological polar surface area (TPSA) is 141 Å². The number of anilines is 1. The van der Waals surface area contributed by atoms with Crippen LogP contribution in [0.15, 0.2) is 74.5 Å². The molecule has 0 fully saturated rings. The molecule has 1 aromatic carbocycles. The average Bonchev–Trinajstić information content (AvgIpc) is 3.33. The minimum atomic E-state index is -3.81. The predicted molar refractivity (Wildman–Crippen MR) is 128 cm³/mol. The highest BCUT2D eigenvalue weighted by atomic mass is 32.2. The van der Waals surface area contributed by atoms with Gasteiger partial charge in [-0.1, -0.05) is 0 Å². The molecule has 35 heavy (non-hydrogen) atoms. The molecule has 0 saturated heterocycles. The van der Waals surface area contributed by atoms with E-state index in [2.05, 4.69) is 5.32 Å². The smallest absolute Gasteiger partial charge is 0.336 e. The fourth-order valence-electron chi connectivity index (χ4n) is 3.96. The van der Waals surface area contributed by atoms with Crippen LogP contribution in [0.1, 0.15) is 39.4 Å². The number of allylic oxidation sites excluding steroid dienone is 2. The van der Waals surface area contributed by atoms with Crippen molar-refractivity contribution in [3.05, 3.63) is 71.0 Å². The molecule has 1 aliphatic heterocycles. The number of hydrogen-bond donors (Lipinski definition) is 2. The summed E-state index contributed by atoms with van der Waals surface area (Å²) in [4.78, 5) is 27.9. The molecule has 2 aromatic rings. The number of nitrogens with one attached hydrogen (secondary N) is 1. The highest BCUT2D eigenvalue weighted by molar-refractivity contribution is 7.89. The van der Waals surface area contributed by atoms with E-state index in [0.29, 0.717) is 22.8 Å². The zero-order valence-corrected chi connectivity index (χ0v) is 20.8. The van der Waals surface area contributed by atoms with Gasteiger partial charge in [0.25, 0.3) is 0 Å². The molecule has 0 atom stereocenters. The molecular weight excluding hydrogens is 474 g/mol. The number of ether oxygens (including phenoxy) is 2. The molecule has 0 saturated carbocycles. The lowest BCUT2D eigenvalue weighted by atomic mass is 9.83. The highest BCUT2D eigenvalue weighted by Crippen LogP contribution is 2.43. The second-order valence-electron chi connectivity index (χ2n) is 7.72. The maximum atomic E-state index is 13.1. The number of esters is 2. The number of furan rings is 1. The highest BCUT2D eigenvalue weighted by Gasteiger charge is 2.42. The molecule has 0 unspecified atom stereocenters. The van der Waals surface area contributed by atoms with Crippen molar-refractivity contribution in [1.29, 1.82) is 0 Å². The Bertz CT molecular complexity index is 1200. The lowest BCUT2D eigenvalue weighted by molar-refractivity contribution is -0.139. The molecule has 1 aliphatic rings. The SMILES string of the molecule is CCOC(=O)C1=C(C)N(CNc2ccc(S(N)(=O)=O)cc2)C(C)=C(C(=O)OCC)C1c1ccco1. The summed E-state index contributed by atoms with van der Waals surface area (Å²) in [6, 6.07) is 9.31. The zero-order chi connectivity index (χ0) is 25.8. The first kappa shape index (κ1) is 26.0. The van der Waals surface area contributed by atoms with Gasteiger partial charge in [0.2, 0.25) is 10.0 Å². The Balaban J connectivity index is 2.04. The van der Waals surface area contributed by atoms with Gasteiger partial charge < -0.3 is 24.1 Å². The van der Waals surface area contributed by atoms with Crippen LogP contribution < -0.4 is 10.5 Å². The number of benzene rings is 1. The van der Waals surface area contributed by atoms with Crippen LogP contribution in [0.3, 0.4) is 0 Å². The van der Waals surface area contributed by atoms with Crippen LogP contribution in [0.5, 0.6) is 0 Å². The predicted octanol–water partition coefficient (Wildman–Crippen LogP) is 3.07. The maximum Gasteiger partial charge on any atom is 0.336 e. The number of primary sulfonamides is 1. The van der Waals surface area contributed by atoms with Crippen LogP contribution >= 0.6 is 0 Å². The zero-order valence-electron chi connectivity index (χ0n) is 20.0. The standard InChI is InChI=1S/C24H29N3O7S/c1-5-32-23(28)20-15(3)27(14-26-17-9-11-18(12-10-17)35(25,30)31)16(4)21(24(29)33-6-2)22(20)19-8-7-13-34-19/h7-13,22,26H,5-6,14H2,1-4H3,(H2,25,30,31). The third-order valence-electron chi connectivity index (χ3n) is 5.61. The van der Waals surface area contributed by atoms with Crippen LogP contribution in [0.2, 0.25) is 0 Å². The second kappa shape index (κ2) is 10.8. The summed E-state index contributed by atoms with van der Waals surface area (Å²) in [5.74, 6) is -1.51. The largest absolute Gasteiger partial charge is 0.468 e. The Hall–Kier alpha value is -3.57. The average molecular weight is 504 g/mol. The van der Waals surface area contributed by atoms with E-state index in [9.17, 15) is 18.0 Å². The molecule has 0 bridgehead atoms. The van der Waals surface area contributed by atoms with E-state index in [0.717, 1.165) is 0 Å². The van der Waals surface area contributed by atoms with Gasteiger partial charge in [0.05, 0.1) is 48.1 Å². The molecule has 1 aromatic heterocycles. The van der Waals surface area contributed by atoms with E-state index in [1.807, 2.05) is 0 Å². The van der Waals surface area contributed by atoms with E-state index >= 15 is 0 Å². The number of sulfonamides is 1. The van der Waals surface area contributed by atoms with Crippen molar-refractivity contribution in [1.82, 2.24) is 4.90 Å². The quantitative estimate of drug-likeness (QED) is 0.494. The Morgan fingerprint density at radius 3 is 1.97 bits per heavy atom. The van der Waals surface area contributed by atoms with Crippen molar-refractivity contribution >= 4 is 27.6 Å². The van der Waals surface area contributed by atoms with E-state index in [1.54, 1.807) is 56.9 Å². The summed E-state index contributed by atoms with van der Waals surface area (Å²) < 4.78 is 39.3. The number of carbonyl (C=O) groups excluding carboxylic acids is 2. The van der Waals surface area contributed by atoms with Gasteiger partial charge in [-0.2, -0.15) is 0 Å². The monoisotopic (exact) mass is 503 g/mol. The summed E-state index contributed by atoms with van der Waals surface area (Å²) in [6.45, 7) is 7.42. The Morgan fingerprint density at radius 1 is 1.00 bits per heavy atom. The van der Waals surface area contributed by atoms with Crippen LogP contribution in [-0.2, 0) is 29.1 Å². The fourth-order valence-corrected chi connectivity index (χ4v) is 4.48. The number of hydrogen-bond acceptors (Lipinski definition) is 9. The third kappa shape index (κ3) is 5.57. The maximum absolute atomic E-state index is 13.1. The first-order valence-electron chi connectivity index (χ1n) is 11.0. The van der Waals surface area contributed by atoms with Crippen molar-refractivity contribution in [2.24, 2.45) is 5.14 Å². The first-order chi connectivity index (χ1) is 16.6. The van der Waals surface area contributed by atoms with Gasteiger partial charge in [-0.3, -0.25) is 0 Å². The Kier molecular flexibility index (Phi) is 8.03. The van der Waals surface area contributed by atoms with Gasteiger partial charge in [-0.25, -0.2) is 23.1 Å². The molecule has 10 nitrogen and oxygen atoms in total. The van der Waals surface area contributed by atoms with Gasteiger partial charge in [-0.05, 0) is 64.1 Å². The summed E-state index contributed by atoms with van der Waals surface area (Å²) in [6.07, 6.45) is 1.48. The van der Waals surface area contributed by atoms with Crippen LogP contribution in [-0.4, -0.2) is 45.1 Å². The summed E-state index contributed by atoms with van der Waals surface area (Å²) >= 11 is 0. The van der Waals surface area contributed by atoms with Gasteiger partial charge in [0.15, 0.2) is 0 Å². The van der Waals surface area contributed by atoms with Gasteiger partial charge in [0, 0.05) is 17.1 Å². The van der Waals surface area contributed by atoms with E-state index in [-0.39, 0.29) is 35.9 Å². The molecule has 0 radical (unpaired) electrons. The number of nitrogens with two attached hydrogens (primary N) is 1. The summed E-state index contributed by atoms with van der Waals surface area (Å²) in [5, 5.41) is 8.34. The van der Waals surface area contributed by atoms with Crippen LogP contribution in [0.4, 0.5) is 5.69 Å². The minimum Gasteiger partial charge on any atom is -0.468 e. The van der Waals surface area contributed by atoms with Gasteiger partial charge in [0.1, 0.15) is 5.76 Å². The van der Waals surface area contributed by atoms with E-state index < -0.39 is 27.9 Å². The molecule has 0 spiro atoms. The normalized spacial score (nSPS) is 14.8. The number of rotatable bonds is 9. The van der Waals surface area contributed by atoms with Gasteiger partial charge in [-0.15, -0.1) is 0 Å². The van der Waals surface area contributed by atoms with Gasteiger partial charge >= 0.3 is 11.9 Å². The molecular formula is C24H29N3O7S. The van der Waals surface area contributed by atoms with Crippen LogP contribution in [0.25, 0.3) is 0 Å². The number of carbonyl (C=O) groups is 2. The fraction of sp³-hybridized carbons (Fsp3) is 0.333. The van der Waals surface area contributed by atoms with Crippen molar-refractivity contribution in [2.75, 3.05) is 25.2 Å². The Labute approximate surface area is 204 Å². The lowest BCUT2D eigenvalue weighted by Gasteiger charge is -2.37. The van der Waals surface area contributed by atoms with E-state index in [1.165, 1.54) is 18.4 Å². The molecule has 188 valence electrons. The number of nitrogens with zero attached hydrogens (tertiary/aromatic N) is 1. The van der Waals surface area contributed by atoms with E-state index in [4.69, 9.17) is 19.0 Å². The summed E-state index contributed by atoms with van der Waals surface area (Å²) in [5.41, 5.74) is 2.29. The molecule has 0 amide bonds. The first-order valence-corrected chi connectivity index (χ1v) is 12.6. The molecule has 3 N–H and O–H groups in total. The summed E-state index contributed by atoms with van der Waals surface area (Å²) in [7, 11) is -3.81. The lowest BCUT2D eigenvalue weighted by Crippen LogP contribution is -2.37. The Morgan fingerprint density at radius 2 is 1.54 bits per heavy atom. The molecule has 3 rings (SSSR count). The molecule has 2 heterocycles.